The van der Waals surface area contributed by atoms with E-state index in [-0.39, 0.29) is 23.6 Å². The Kier molecular flexibility index (Phi) is 4.67. The average molecular weight is 341 g/mol. The minimum atomic E-state index is -0.356. The third-order valence-electron chi connectivity index (χ3n) is 3.76. The smallest absolute Gasteiger partial charge is 0.165 e. The Morgan fingerprint density at radius 3 is 2.42 bits per heavy atom. The molecular weight excluding hydrogens is 321 g/mol. The third-order valence-corrected chi connectivity index (χ3v) is 4.70. The summed E-state index contributed by atoms with van der Waals surface area (Å²) in [4.78, 5) is 4.59. The van der Waals surface area contributed by atoms with Crippen molar-refractivity contribution in [2.24, 2.45) is 0 Å². The van der Waals surface area contributed by atoms with E-state index in [1.54, 1.807) is 29.5 Å². The molecule has 124 valence electrons. The second-order valence-corrected chi connectivity index (χ2v) is 7.55. The van der Waals surface area contributed by atoms with E-state index in [0.717, 1.165) is 16.3 Å². The van der Waals surface area contributed by atoms with E-state index in [9.17, 15) is 4.39 Å². The molecule has 0 aliphatic rings. The van der Waals surface area contributed by atoms with Crippen molar-refractivity contribution in [1.29, 1.82) is 0 Å². The predicted molar refractivity (Wildman–Crippen MR) is 97.0 cm³/mol. The third kappa shape index (κ3) is 3.82. The Morgan fingerprint density at radius 2 is 1.75 bits per heavy atom. The van der Waals surface area contributed by atoms with E-state index in [1.807, 2.05) is 5.38 Å². The molecule has 1 aromatic heterocycles. The van der Waals surface area contributed by atoms with Gasteiger partial charge in [-0.3, -0.25) is 0 Å². The second-order valence-electron chi connectivity index (χ2n) is 6.69. The van der Waals surface area contributed by atoms with Gasteiger partial charge in [-0.05, 0) is 23.1 Å². The number of thiazole rings is 1. The largest absolute Gasteiger partial charge is 0.484 e. The summed E-state index contributed by atoms with van der Waals surface area (Å²) in [7, 11) is 0. The van der Waals surface area contributed by atoms with Crippen LogP contribution in [0, 0.1) is 5.82 Å². The monoisotopic (exact) mass is 341 g/mol. The van der Waals surface area contributed by atoms with E-state index in [4.69, 9.17) is 4.74 Å². The molecule has 0 saturated carbocycles. The topological polar surface area (TPSA) is 22.1 Å². The predicted octanol–water partition coefficient (Wildman–Crippen LogP) is 5.83. The van der Waals surface area contributed by atoms with Crippen LogP contribution in [-0.2, 0) is 12.0 Å². The second kappa shape index (κ2) is 6.73. The van der Waals surface area contributed by atoms with Crippen LogP contribution in [-0.4, -0.2) is 4.98 Å². The molecule has 1 heterocycles. The standard InChI is InChI=1S/C20H20FNOS/c1-20(2,3)15-10-8-14(9-11-15)19-22-16(13-24-19)12-23-18-7-5-4-6-17(18)21/h4-11,13H,12H2,1-3H3. The van der Waals surface area contributed by atoms with Crippen LogP contribution in [0.5, 0.6) is 5.75 Å². The first-order valence-corrected chi connectivity index (χ1v) is 8.74. The fourth-order valence-corrected chi connectivity index (χ4v) is 3.14. The molecule has 0 atom stereocenters. The van der Waals surface area contributed by atoms with Gasteiger partial charge in [-0.2, -0.15) is 0 Å². The van der Waals surface area contributed by atoms with Crippen molar-refractivity contribution in [3.8, 4) is 16.3 Å². The molecule has 3 rings (SSSR count). The number of ether oxygens (including phenoxy) is 1. The molecule has 0 radical (unpaired) electrons. The Balaban J connectivity index is 1.70. The van der Waals surface area contributed by atoms with Crippen LogP contribution < -0.4 is 4.74 Å². The fraction of sp³-hybridized carbons (Fsp3) is 0.250. The molecule has 3 aromatic rings. The summed E-state index contributed by atoms with van der Waals surface area (Å²) in [5.41, 5.74) is 3.33. The molecule has 0 amide bonds. The SMILES string of the molecule is CC(C)(C)c1ccc(-c2nc(COc3ccccc3F)cs2)cc1. The first kappa shape index (κ1) is 16.7. The van der Waals surface area contributed by atoms with Crippen LogP contribution in [0.3, 0.4) is 0 Å². The number of nitrogens with zero attached hydrogens (tertiary/aromatic N) is 1. The van der Waals surface area contributed by atoms with Crippen LogP contribution in [0.4, 0.5) is 4.39 Å². The number of aromatic nitrogens is 1. The summed E-state index contributed by atoms with van der Waals surface area (Å²) in [6.07, 6.45) is 0. The van der Waals surface area contributed by atoms with Gasteiger partial charge in [-0.15, -0.1) is 11.3 Å². The molecule has 0 fully saturated rings. The van der Waals surface area contributed by atoms with Gasteiger partial charge in [-0.1, -0.05) is 57.2 Å². The molecule has 2 aromatic carbocycles. The fourth-order valence-electron chi connectivity index (χ4n) is 2.33. The van der Waals surface area contributed by atoms with Crippen LogP contribution in [0.15, 0.2) is 53.9 Å². The van der Waals surface area contributed by atoms with E-state index < -0.39 is 0 Å². The molecule has 0 spiro atoms. The molecule has 0 aliphatic carbocycles. The zero-order valence-electron chi connectivity index (χ0n) is 14.0. The molecule has 0 saturated heterocycles. The zero-order valence-corrected chi connectivity index (χ0v) is 14.9. The van der Waals surface area contributed by atoms with Crippen molar-refractivity contribution < 1.29 is 9.13 Å². The summed E-state index contributed by atoms with van der Waals surface area (Å²) in [5, 5.41) is 2.90. The Hall–Kier alpha value is -2.20. The van der Waals surface area contributed by atoms with Crippen LogP contribution in [0.25, 0.3) is 10.6 Å². The molecular formula is C20H20FNOS. The average Bonchev–Trinajstić information content (AvgIpc) is 3.02. The highest BCUT2D eigenvalue weighted by molar-refractivity contribution is 7.13. The lowest BCUT2D eigenvalue weighted by atomic mass is 9.87. The molecule has 24 heavy (non-hydrogen) atoms. The van der Waals surface area contributed by atoms with Gasteiger partial charge in [0.15, 0.2) is 11.6 Å². The summed E-state index contributed by atoms with van der Waals surface area (Å²) in [6.45, 7) is 6.86. The van der Waals surface area contributed by atoms with Crippen molar-refractivity contribution in [3.63, 3.8) is 0 Å². The minimum Gasteiger partial charge on any atom is -0.484 e. The number of para-hydroxylation sites is 1. The first-order valence-electron chi connectivity index (χ1n) is 7.86. The quantitative estimate of drug-likeness (QED) is 0.596. The van der Waals surface area contributed by atoms with E-state index >= 15 is 0 Å². The van der Waals surface area contributed by atoms with Crippen LogP contribution in [0.1, 0.15) is 32.0 Å². The molecule has 0 N–H and O–H groups in total. The van der Waals surface area contributed by atoms with Crippen molar-refractivity contribution in [2.75, 3.05) is 0 Å². The Labute approximate surface area is 146 Å². The molecule has 0 bridgehead atoms. The van der Waals surface area contributed by atoms with Gasteiger partial charge >= 0.3 is 0 Å². The highest BCUT2D eigenvalue weighted by Crippen LogP contribution is 2.28. The number of benzene rings is 2. The number of hydrogen-bond donors (Lipinski definition) is 0. The summed E-state index contributed by atoms with van der Waals surface area (Å²) in [6, 6.07) is 14.9. The van der Waals surface area contributed by atoms with Gasteiger partial charge in [0.1, 0.15) is 11.6 Å². The maximum Gasteiger partial charge on any atom is 0.165 e. The molecule has 2 nitrogen and oxygen atoms in total. The van der Waals surface area contributed by atoms with Crippen molar-refractivity contribution in [1.82, 2.24) is 4.98 Å². The highest BCUT2D eigenvalue weighted by Gasteiger charge is 2.14. The van der Waals surface area contributed by atoms with Crippen LogP contribution >= 0.6 is 11.3 Å². The van der Waals surface area contributed by atoms with Gasteiger partial charge in [0.2, 0.25) is 0 Å². The van der Waals surface area contributed by atoms with Crippen LogP contribution in [0.2, 0.25) is 0 Å². The van der Waals surface area contributed by atoms with Crippen molar-refractivity contribution >= 4 is 11.3 Å². The number of hydrogen-bond acceptors (Lipinski definition) is 3. The minimum absolute atomic E-state index is 0.139. The molecule has 4 heteroatoms. The molecule has 0 aliphatic heterocycles. The van der Waals surface area contributed by atoms with Gasteiger partial charge < -0.3 is 4.74 Å². The first-order chi connectivity index (χ1) is 11.4. The number of halogens is 1. The number of rotatable bonds is 4. The van der Waals surface area contributed by atoms with Gasteiger partial charge in [0.05, 0.1) is 5.69 Å². The van der Waals surface area contributed by atoms with E-state index in [2.05, 4.69) is 50.0 Å². The van der Waals surface area contributed by atoms with Gasteiger partial charge in [0, 0.05) is 10.9 Å². The normalized spacial score (nSPS) is 11.5. The van der Waals surface area contributed by atoms with E-state index in [1.165, 1.54) is 11.6 Å². The summed E-state index contributed by atoms with van der Waals surface area (Å²) < 4.78 is 19.1. The van der Waals surface area contributed by atoms with E-state index in [0.29, 0.717) is 0 Å². The summed E-state index contributed by atoms with van der Waals surface area (Å²) in [5.74, 6) is -0.104. The maximum absolute atomic E-state index is 13.6. The maximum atomic E-state index is 13.6. The Morgan fingerprint density at radius 1 is 1.04 bits per heavy atom. The van der Waals surface area contributed by atoms with Crippen molar-refractivity contribution in [2.45, 2.75) is 32.8 Å². The zero-order chi connectivity index (χ0) is 17.2. The lowest BCUT2D eigenvalue weighted by Crippen LogP contribution is -2.10. The lowest BCUT2D eigenvalue weighted by molar-refractivity contribution is 0.287. The highest BCUT2D eigenvalue weighted by atomic mass is 32.1. The lowest BCUT2D eigenvalue weighted by Gasteiger charge is -2.18. The Bertz CT molecular complexity index is 818. The molecule has 0 unspecified atom stereocenters. The van der Waals surface area contributed by atoms with Gasteiger partial charge in [0.25, 0.3) is 0 Å². The van der Waals surface area contributed by atoms with Crippen molar-refractivity contribution in [3.05, 3.63) is 71.0 Å². The summed E-state index contributed by atoms with van der Waals surface area (Å²) >= 11 is 1.57. The van der Waals surface area contributed by atoms with Gasteiger partial charge in [-0.25, -0.2) is 9.37 Å².